The molecule has 1 aliphatic heterocycles. The van der Waals surface area contributed by atoms with Crippen LogP contribution in [0.25, 0.3) is 0 Å². The number of benzene rings is 1. The highest BCUT2D eigenvalue weighted by Gasteiger charge is 2.41. The van der Waals surface area contributed by atoms with Crippen LogP contribution in [0.3, 0.4) is 0 Å². The van der Waals surface area contributed by atoms with Gasteiger partial charge in [-0.2, -0.15) is 0 Å². The predicted octanol–water partition coefficient (Wildman–Crippen LogP) is 3.20. The third-order valence-corrected chi connectivity index (χ3v) is 4.50. The zero-order valence-corrected chi connectivity index (χ0v) is 15.4. The van der Waals surface area contributed by atoms with E-state index in [-0.39, 0.29) is 6.54 Å². The molecule has 7 heteroatoms. The molecule has 3 amide bonds. The first-order valence-corrected chi connectivity index (χ1v) is 8.60. The normalized spacial score (nSPS) is 14.9. The molecule has 0 saturated carbocycles. The van der Waals surface area contributed by atoms with Crippen LogP contribution in [0.1, 0.15) is 53.2 Å². The number of fused-ring (bicyclic) bond motifs is 1. The quantitative estimate of drug-likeness (QED) is 0.838. The van der Waals surface area contributed by atoms with Crippen molar-refractivity contribution in [2.75, 3.05) is 6.54 Å². The molecule has 140 valence electrons. The number of hydrogen-bond acceptors (Lipinski definition) is 4. The molecule has 2 aromatic rings. The van der Waals surface area contributed by atoms with Gasteiger partial charge in [0.05, 0.1) is 29.4 Å². The average Bonchev–Trinajstić information content (AvgIpc) is 2.85. The number of amides is 3. The number of hydrogen-bond donors (Lipinski definition) is 1. The smallest absolute Gasteiger partial charge is 0.408 e. The van der Waals surface area contributed by atoms with Crippen molar-refractivity contribution in [1.82, 2.24) is 14.8 Å². The van der Waals surface area contributed by atoms with E-state index in [9.17, 15) is 19.5 Å². The Hall–Kier alpha value is -3.22. The summed E-state index contributed by atoms with van der Waals surface area (Å²) in [6.45, 7) is 5.19. The van der Waals surface area contributed by atoms with E-state index in [1.807, 2.05) is 0 Å². The minimum absolute atomic E-state index is 0.104. The Bertz CT molecular complexity index is 855. The zero-order chi connectivity index (χ0) is 19.8. The van der Waals surface area contributed by atoms with Crippen LogP contribution in [-0.2, 0) is 0 Å². The summed E-state index contributed by atoms with van der Waals surface area (Å²) in [4.78, 5) is 44.1. The van der Waals surface area contributed by atoms with Crippen molar-refractivity contribution >= 4 is 17.9 Å². The summed E-state index contributed by atoms with van der Waals surface area (Å²) in [6.07, 6.45) is 0.419. The fourth-order valence-corrected chi connectivity index (χ4v) is 3.35. The summed E-state index contributed by atoms with van der Waals surface area (Å²) in [5, 5.41) is 9.83. The Labute approximate surface area is 157 Å². The van der Waals surface area contributed by atoms with Gasteiger partial charge in [0.25, 0.3) is 11.8 Å². The summed E-state index contributed by atoms with van der Waals surface area (Å²) in [7, 11) is 0. The molecule has 1 N–H and O–H groups in total. The zero-order valence-electron chi connectivity index (χ0n) is 15.4. The van der Waals surface area contributed by atoms with Crippen molar-refractivity contribution in [3.63, 3.8) is 0 Å². The van der Waals surface area contributed by atoms with Crippen molar-refractivity contribution < 1.29 is 19.5 Å². The fourth-order valence-electron chi connectivity index (χ4n) is 3.35. The number of aromatic nitrogens is 1. The summed E-state index contributed by atoms with van der Waals surface area (Å²) in [6, 6.07) is 11.0. The molecule has 1 aromatic heterocycles. The Morgan fingerprint density at radius 1 is 1.07 bits per heavy atom. The van der Waals surface area contributed by atoms with Gasteiger partial charge in [0.1, 0.15) is 0 Å². The largest absolute Gasteiger partial charge is 0.465 e. The Morgan fingerprint density at radius 2 is 1.63 bits per heavy atom. The molecule has 0 saturated heterocycles. The van der Waals surface area contributed by atoms with Crippen molar-refractivity contribution in [1.29, 1.82) is 0 Å². The van der Waals surface area contributed by atoms with Crippen LogP contribution in [0.2, 0.25) is 0 Å². The van der Waals surface area contributed by atoms with Crippen LogP contribution >= 0.6 is 0 Å². The highest BCUT2D eigenvalue weighted by Crippen LogP contribution is 2.31. The van der Waals surface area contributed by atoms with Gasteiger partial charge in [-0.15, -0.1) is 0 Å². The number of carbonyl (C=O) groups is 3. The highest BCUT2D eigenvalue weighted by atomic mass is 16.4. The number of carboxylic acid groups (broad SMARTS) is 1. The summed E-state index contributed by atoms with van der Waals surface area (Å²) >= 11 is 0. The standard InChI is InChI=1S/C20H21N3O4/c1-20(2,3)23(19(26)27)16(15-10-6-7-11-21-15)12-22-17(24)13-8-4-5-9-14(13)18(22)25/h4-11,16H,12H2,1-3H3,(H,26,27). The first-order valence-electron chi connectivity index (χ1n) is 8.60. The molecule has 0 radical (unpaired) electrons. The average molecular weight is 367 g/mol. The minimum Gasteiger partial charge on any atom is -0.465 e. The Morgan fingerprint density at radius 3 is 2.07 bits per heavy atom. The number of rotatable bonds is 4. The van der Waals surface area contributed by atoms with E-state index in [0.29, 0.717) is 16.8 Å². The first kappa shape index (κ1) is 18.6. The lowest BCUT2D eigenvalue weighted by Gasteiger charge is -2.40. The second kappa shape index (κ2) is 6.83. The lowest BCUT2D eigenvalue weighted by molar-refractivity contribution is 0.0419. The van der Waals surface area contributed by atoms with Crippen molar-refractivity contribution in [3.8, 4) is 0 Å². The maximum absolute atomic E-state index is 12.7. The van der Waals surface area contributed by atoms with Crippen LogP contribution in [0, 0.1) is 0 Å². The number of pyridine rings is 1. The third kappa shape index (κ3) is 3.40. The minimum atomic E-state index is -1.14. The molecule has 1 atom stereocenters. The molecule has 2 heterocycles. The maximum atomic E-state index is 12.7. The van der Waals surface area contributed by atoms with Gasteiger partial charge in [-0.1, -0.05) is 18.2 Å². The lowest BCUT2D eigenvalue weighted by Crippen LogP contribution is -2.51. The Balaban J connectivity index is 2.02. The molecule has 7 nitrogen and oxygen atoms in total. The molecule has 0 fully saturated rings. The first-order chi connectivity index (χ1) is 12.7. The summed E-state index contributed by atoms with van der Waals surface area (Å²) in [5.41, 5.74) is 0.387. The molecule has 1 aliphatic rings. The predicted molar refractivity (Wildman–Crippen MR) is 98.4 cm³/mol. The van der Waals surface area contributed by atoms with Crippen LogP contribution in [0.5, 0.6) is 0 Å². The topological polar surface area (TPSA) is 90.8 Å². The SMILES string of the molecule is CC(C)(C)N(C(=O)O)C(CN1C(=O)c2ccccc2C1=O)c1ccccn1. The molecule has 0 aliphatic carbocycles. The molecule has 27 heavy (non-hydrogen) atoms. The van der Waals surface area contributed by atoms with E-state index in [0.717, 1.165) is 4.90 Å². The van der Waals surface area contributed by atoms with E-state index in [1.54, 1.807) is 69.4 Å². The number of imide groups is 1. The second-order valence-corrected chi connectivity index (χ2v) is 7.36. The van der Waals surface area contributed by atoms with Gasteiger partial charge in [-0.05, 0) is 45.0 Å². The molecule has 1 aromatic carbocycles. The van der Waals surface area contributed by atoms with Crippen molar-refractivity contribution in [2.24, 2.45) is 0 Å². The third-order valence-electron chi connectivity index (χ3n) is 4.50. The van der Waals surface area contributed by atoms with Gasteiger partial charge in [0.2, 0.25) is 0 Å². The molecule has 0 spiro atoms. The highest BCUT2D eigenvalue weighted by molar-refractivity contribution is 6.21. The van der Waals surface area contributed by atoms with Gasteiger partial charge in [0, 0.05) is 11.7 Å². The van der Waals surface area contributed by atoms with Crippen molar-refractivity contribution in [2.45, 2.75) is 32.4 Å². The maximum Gasteiger partial charge on any atom is 0.408 e. The second-order valence-electron chi connectivity index (χ2n) is 7.36. The van der Waals surface area contributed by atoms with Crippen LogP contribution in [0.4, 0.5) is 4.79 Å². The van der Waals surface area contributed by atoms with E-state index in [2.05, 4.69) is 4.98 Å². The molecule has 0 bridgehead atoms. The lowest BCUT2D eigenvalue weighted by atomic mass is 10.0. The van der Waals surface area contributed by atoms with E-state index < -0.39 is 29.5 Å². The molecular formula is C20H21N3O4. The van der Waals surface area contributed by atoms with E-state index in [1.165, 1.54) is 4.90 Å². The monoisotopic (exact) mass is 367 g/mol. The summed E-state index contributed by atoms with van der Waals surface area (Å²) < 4.78 is 0. The summed E-state index contributed by atoms with van der Waals surface area (Å²) in [5.74, 6) is -0.841. The fraction of sp³-hybridized carbons (Fsp3) is 0.300. The van der Waals surface area contributed by atoms with Crippen molar-refractivity contribution in [3.05, 3.63) is 65.5 Å². The van der Waals surface area contributed by atoms with Gasteiger partial charge in [-0.3, -0.25) is 24.4 Å². The number of carbonyl (C=O) groups excluding carboxylic acids is 2. The van der Waals surface area contributed by atoms with Crippen LogP contribution in [-0.4, -0.2) is 49.9 Å². The van der Waals surface area contributed by atoms with Gasteiger partial charge in [0.15, 0.2) is 0 Å². The molecular weight excluding hydrogens is 346 g/mol. The number of nitrogens with zero attached hydrogens (tertiary/aromatic N) is 3. The Kier molecular flexibility index (Phi) is 4.70. The molecule has 3 rings (SSSR count). The van der Waals surface area contributed by atoms with Crippen LogP contribution in [0.15, 0.2) is 48.7 Å². The van der Waals surface area contributed by atoms with Gasteiger partial charge >= 0.3 is 6.09 Å². The van der Waals surface area contributed by atoms with E-state index >= 15 is 0 Å². The van der Waals surface area contributed by atoms with E-state index in [4.69, 9.17) is 0 Å². The van der Waals surface area contributed by atoms with Gasteiger partial charge in [-0.25, -0.2) is 4.79 Å². The van der Waals surface area contributed by atoms with Gasteiger partial charge < -0.3 is 5.11 Å². The van der Waals surface area contributed by atoms with Crippen LogP contribution < -0.4 is 0 Å². The molecule has 1 unspecified atom stereocenters.